The highest BCUT2D eigenvalue weighted by molar-refractivity contribution is 7.10. The molecule has 0 unspecified atom stereocenters. The largest absolute Gasteiger partial charge is 0.384 e. The Balaban J connectivity index is 2.16. The van der Waals surface area contributed by atoms with Gasteiger partial charge in [-0.2, -0.15) is 0 Å². The second-order valence-electron chi connectivity index (χ2n) is 5.83. The number of nitrogens with two attached hydrogens (primary N) is 1. The molecule has 2 rings (SSSR count). The third kappa shape index (κ3) is 3.48. The van der Waals surface area contributed by atoms with E-state index in [4.69, 9.17) is 5.73 Å². The van der Waals surface area contributed by atoms with Crippen molar-refractivity contribution in [1.29, 1.82) is 0 Å². The molecule has 0 saturated carbocycles. The zero-order valence-corrected chi connectivity index (χ0v) is 13.3. The highest BCUT2D eigenvalue weighted by Gasteiger charge is 2.18. The van der Waals surface area contributed by atoms with Gasteiger partial charge in [-0.1, -0.05) is 27.7 Å². The maximum Gasteiger partial charge on any atom is 0.138 e. The maximum absolute atomic E-state index is 5.87. The lowest BCUT2D eigenvalue weighted by atomic mass is 9.96. The van der Waals surface area contributed by atoms with E-state index in [2.05, 4.69) is 54.4 Å². The number of nitrogen functional groups attached to an aromatic ring is 1. The average Bonchev–Trinajstić information content (AvgIpc) is 2.82. The van der Waals surface area contributed by atoms with Crippen LogP contribution in [0.3, 0.4) is 0 Å². The van der Waals surface area contributed by atoms with Crippen molar-refractivity contribution in [2.75, 3.05) is 11.1 Å². The van der Waals surface area contributed by atoms with E-state index >= 15 is 0 Å². The average molecular weight is 290 g/mol. The first kappa shape index (κ1) is 14.8. The Labute approximate surface area is 124 Å². The summed E-state index contributed by atoms with van der Waals surface area (Å²) in [6, 6.07) is 3.96. The van der Waals surface area contributed by atoms with E-state index in [0.717, 1.165) is 24.6 Å². The Morgan fingerprint density at radius 2 is 2.05 bits per heavy atom. The van der Waals surface area contributed by atoms with Crippen molar-refractivity contribution in [3.05, 3.63) is 33.8 Å². The topological polar surface area (TPSA) is 63.8 Å². The van der Waals surface area contributed by atoms with Crippen molar-refractivity contribution in [2.45, 2.75) is 46.1 Å². The van der Waals surface area contributed by atoms with Crippen molar-refractivity contribution in [3.63, 3.8) is 0 Å². The Hall–Kier alpha value is -1.62. The first-order valence-electron chi connectivity index (χ1n) is 6.84. The lowest BCUT2D eigenvalue weighted by Gasteiger charge is -2.18. The van der Waals surface area contributed by atoms with Gasteiger partial charge in [0.25, 0.3) is 0 Å². The van der Waals surface area contributed by atoms with Crippen LogP contribution in [0, 0.1) is 0 Å². The van der Waals surface area contributed by atoms with Crippen LogP contribution in [-0.2, 0) is 18.4 Å². The summed E-state index contributed by atoms with van der Waals surface area (Å²) in [5, 5.41) is 5.48. The normalized spacial score (nSPS) is 11.6. The van der Waals surface area contributed by atoms with Gasteiger partial charge in [-0.05, 0) is 23.4 Å². The minimum atomic E-state index is -0.108. The first-order chi connectivity index (χ1) is 9.40. The molecule has 4 nitrogen and oxygen atoms in total. The molecule has 0 aliphatic carbocycles. The summed E-state index contributed by atoms with van der Waals surface area (Å²) in [6.45, 7) is 9.20. The molecule has 0 spiro atoms. The number of aryl methyl sites for hydroxylation is 1. The first-order valence-corrected chi connectivity index (χ1v) is 7.72. The number of aromatic nitrogens is 2. The summed E-state index contributed by atoms with van der Waals surface area (Å²) in [7, 11) is 0. The zero-order valence-electron chi connectivity index (χ0n) is 12.5. The molecule has 0 aliphatic rings. The number of hydrogen-bond donors (Lipinski definition) is 2. The second kappa shape index (κ2) is 5.79. The van der Waals surface area contributed by atoms with Gasteiger partial charge in [-0.3, -0.25) is 0 Å². The van der Waals surface area contributed by atoms with Gasteiger partial charge >= 0.3 is 0 Å². The van der Waals surface area contributed by atoms with Crippen LogP contribution in [-0.4, -0.2) is 9.97 Å². The zero-order chi connectivity index (χ0) is 14.8. The molecule has 2 aromatic heterocycles. The molecule has 0 saturated heterocycles. The molecule has 0 aromatic carbocycles. The predicted octanol–water partition coefficient (Wildman–Crippen LogP) is 3.59. The Kier molecular flexibility index (Phi) is 4.28. The third-order valence-electron chi connectivity index (χ3n) is 3.07. The van der Waals surface area contributed by atoms with E-state index in [9.17, 15) is 0 Å². The van der Waals surface area contributed by atoms with E-state index < -0.39 is 0 Å². The molecule has 2 aromatic rings. The van der Waals surface area contributed by atoms with Gasteiger partial charge < -0.3 is 11.1 Å². The summed E-state index contributed by atoms with van der Waals surface area (Å²) in [5.41, 5.74) is 7.15. The third-order valence-corrected chi connectivity index (χ3v) is 4.03. The van der Waals surface area contributed by atoms with Crippen LogP contribution in [0.25, 0.3) is 0 Å². The lowest BCUT2D eigenvalue weighted by molar-refractivity contribution is 0.547. The molecule has 0 atom stereocenters. The highest BCUT2D eigenvalue weighted by atomic mass is 32.1. The lowest BCUT2D eigenvalue weighted by Crippen LogP contribution is -2.18. The fourth-order valence-corrected chi connectivity index (χ4v) is 2.82. The second-order valence-corrected chi connectivity index (χ2v) is 6.83. The molecule has 0 amide bonds. The molecular weight excluding hydrogens is 268 g/mol. The maximum atomic E-state index is 5.87. The van der Waals surface area contributed by atoms with Crippen molar-refractivity contribution in [1.82, 2.24) is 9.97 Å². The van der Waals surface area contributed by atoms with Gasteiger partial charge in [0.1, 0.15) is 17.5 Å². The number of hydrogen-bond acceptors (Lipinski definition) is 5. The van der Waals surface area contributed by atoms with E-state index in [1.807, 2.05) is 0 Å². The van der Waals surface area contributed by atoms with Crippen LogP contribution in [0.15, 0.2) is 17.5 Å². The van der Waals surface area contributed by atoms with Gasteiger partial charge in [-0.25, -0.2) is 9.97 Å². The van der Waals surface area contributed by atoms with Crippen LogP contribution in [0.1, 0.15) is 44.0 Å². The Morgan fingerprint density at radius 1 is 1.30 bits per heavy atom. The van der Waals surface area contributed by atoms with E-state index in [1.54, 1.807) is 17.4 Å². The molecule has 20 heavy (non-hydrogen) atoms. The molecule has 2 heterocycles. The molecular formula is C15H22N4S. The molecule has 0 aliphatic heterocycles. The summed E-state index contributed by atoms with van der Waals surface area (Å²) in [6.07, 6.45) is 1.06. The molecule has 0 fully saturated rings. The van der Waals surface area contributed by atoms with Crippen LogP contribution in [0.2, 0.25) is 0 Å². The minimum absolute atomic E-state index is 0.108. The number of nitrogens with zero attached hydrogens (tertiary/aromatic N) is 2. The van der Waals surface area contributed by atoms with Crippen molar-refractivity contribution >= 4 is 23.0 Å². The van der Waals surface area contributed by atoms with Crippen LogP contribution >= 0.6 is 11.3 Å². The Morgan fingerprint density at radius 3 is 2.70 bits per heavy atom. The fraction of sp³-hybridized carbons (Fsp3) is 0.467. The molecule has 5 heteroatoms. The summed E-state index contributed by atoms with van der Waals surface area (Å²) >= 11 is 1.77. The van der Waals surface area contributed by atoms with Crippen molar-refractivity contribution in [3.8, 4) is 0 Å². The number of anilines is 2. The van der Waals surface area contributed by atoms with Crippen LogP contribution in [0.4, 0.5) is 11.6 Å². The van der Waals surface area contributed by atoms with Gasteiger partial charge in [0.2, 0.25) is 0 Å². The summed E-state index contributed by atoms with van der Waals surface area (Å²) in [5.74, 6) is 2.06. The monoisotopic (exact) mass is 290 g/mol. The fourth-order valence-electron chi connectivity index (χ4n) is 1.90. The molecule has 0 bridgehead atoms. The van der Waals surface area contributed by atoms with Gasteiger partial charge in [0, 0.05) is 16.4 Å². The molecule has 108 valence electrons. The minimum Gasteiger partial charge on any atom is -0.384 e. The predicted molar refractivity (Wildman–Crippen MR) is 86.2 cm³/mol. The standard InChI is InChI=1S/C15H22N4S/c1-5-10-6-7-20-11(10)9-17-13-8-12(16)18-14(19-13)15(2,3)4/h6-8H,5,9H2,1-4H3,(H3,16,17,18,19). The van der Waals surface area contributed by atoms with Crippen molar-refractivity contribution < 1.29 is 0 Å². The number of nitrogens with one attached hydrogen (secondary N) is 1. The molecule has 3 N–H and O–H groups in total. The smallest absolute Gasteiger partial charge is 0.138 e. The summed E-state index contributed by atoms with van der Waals surface area (Å²) < 4.78 is 0. The summed E-state index contributed by atoms with van der Waals surface area (Å²) in [4.78, 5) is 10.2. The SMILES string of the molecule is CCc1ccsc1CNc1cc(N)nc(C(C)(C)C)n1. The van der Waals surface area contributed by atoms with E-state index in [-0.39, 0.29) is 5.41 Å². The van der Waals surface area contributed by atoms with Crippen molar-refractivity contribution in [2.24, 2.45) is 0 Å². The quantitative estimate of drug-likeness (QED) is 0.903. The Bertz CT molecular complexity index is 584. The number of thiophene rings is 1. The van der Waals surface area contributed by atoms with Crippen LogP contribution < -0.4 is 11.1 Å². The highest BCUT2D eigenvalue weighted by Crippen LogP contribution is 2.23. The van der Waals surface area contributed by atoms with Gasteiger partial charge in [0.05, 0.1) is 6.54 Å². The van der Waals surface area contributed by atoms with Crippen LogP contribution in [0.5, 0.6) is 0 Å². The molecule has 0 radical (unpaired) electrons. The van der Waals surface area contributed by atoms with E-state index in [1.165, 1.54) is 10.4 Å². The van der Waals surface area contributed by atoms with Gasteiger partial charge in [-0.15, -0.1) is 11.3 Å². The van der Waals surface area contributed by atoms with Gasteiger partial charge in [0.15, 0.2) is 0 Å². The number of rotatable bonds is 4. The van der Waals surface area contributed by atoms with E-state index in [0.29, 0.717) is 5.82 Å².